The molecule has 102 valence electrons. The normalized spacial score (nSPS) is 12.5. The van der Waals surface area contributed by atoms with Gasteiger partial charge in [-0.15, -0.1) is 0 Å². The predicted octanol–water partition coefficient (Wildman–Crippen LogP) is 2.58. The van der Waals surface area contributed by atoms with Gasteiger partial charge in [0.05, 0.1) is 6.20 Å². The second-order valence-electron chi connectivity index (χ2n) is 4.71. The zero-order valence-electron chi connectivity index (χ0n) is 11.7. The highest BCUT2D eigenvalue weighted by molar-refractivity contribution is 5.17. The first kappa shape index (κ1) is 13.7. The van der Waals surface area contributed by atoms with Gasteiger partial charge in [0, 0.05) is 36.7 Å². The monoisotopic (exact) mass is 258 g/mol. The van der Waals surface area contributed by atoms with Crippen molar-refractivity contribution in [1.29, 1.82) is 0 Å². The molecule has 2 rings (SSSR count). The molecule has 2 aromatic heterocycles. The molecule has 0 amide bonds. The summed E-state index contributed by atoms with van der Waals surface area (Å²) in [4.78, 5) is 4.18. The number of aromatic nitrogens is 3. The van der Waals surface area contributed by atoms with Crippen molar-refractivity contribution >= 4 is 0 Å². The Morgan fingerprint density at radius 1 is 1.32 bits per heavy atom. The summed E-state index contributed by atoms with van der Waals surface area (Å²) < 4.78 is 2.02. The molecule has 0 aromatic carbocycles. The Morgan fingerprint density at radius 2 is 2.21 bits per heavy atom. The summed E-state index contributed by atoms with van der Waals surface area (Å²) in [7, 11) is 0. The van der Waals surface area contributed by atoms with E-state index in [0.717, 1.165) is 25.9 Å². The molecule has 0 radical (unpaired) electrons. The van der Waals surface area contributed by atoms with Crippen molar-refractivity contribution in [2.45, 2.75) is 39.3 Å². The number of rotatable bonds is 7. The van der Waals surface area contributed by atoms with Crippen LogP contribution in [-0.4, -0.2) is 21.3 Å². The first-order valence-electron chi connectivity index (χ1n) is 6.98. The molecule has 1 unspecified atom stereocenters. The van der Waals surface area contributed by atoms with E-state index in [2.05, 4.69) is 41.5 Å². The molecule has 19 heavy (non-hydrogen) atoms. The van der Waals surface area contributed by atoms with Crippen LogP contribution in [0.5, 0.6) is 0 Å². The van der Waals surface area contributed by atoms with Crippen LogP contribution in [0.2, 0.25) is 0 Å². The molecule has 0 aliphatic heterocycles. The highest BCUT2D eigenvalue weighted by Crippen LogP contribution is 2.17. The SMILES string of the molecule is CCCn1cc(C(Cc2cccnc2)NCC)cn1. The number of nitrogens with one attached hydrogen (secondary N) is 1. The number of nitrogens with zero attached hydrogens (tertiary/aromatic N) is 3. The van der Waals surface area contributed by atoms with Crippen LogP contribution in [0.1, 0.15) is 37.4 Å². The molecule has 0 aliphatic rings. The fraction of sp³-hybridized carbons (Fsp3) is 0.467. The number of hydrogen-bond acceptors (Lipinski definition) is 3. The zero-order valence-corrected chi connectivity index (χ0v) is 11.7. The lowest BCUT2D eigenvalue weighted by Crippen LogP contribution is -2.22. The van der Waals surface area contributed by atoms with Gasteiger partial charge in [-0.05, 0) is 31.0 Å². The Labute approximate surface area is 114 Å². The molecule has 4 nitrogen and oxygen atoms in total. The van der Waals surface area contributed by atoms with E-state index in [1.54, 1.807) is 0 Å². The molecule has 0 fully saturated rings. The summed E-state index contributed by atoms with van der Waals surface area (Å²) in [5.74, 6) is 0. The molecule has 4 heteroatoms. The number of hydrogen-bond donors (Lipinski definition) is 1. The summed E-state index contributed by atoms with van der Waals surface area (Å²) in [6, 6.07) is 4.41. The topological polar surface area (TPSA) is 42.7 Å². The van der Waals surface area contributed by atoms with E-state index in [-0.39, 0.29) is 0 Å². The highest BCUT2D eigenvalue weighted by Gasteiger charge is 2.13. The largest absolute Gasteiger partial charge is 0.310 e. The van der Waals surface area contributed by atoms with Crippen LogP contribution in [0.25, 0.3) is 0 Å². The van der Waals surface area contributed by atoms with Gasteiger partial charge in [-0.1, -0.05) is 19.9 Å². The maximum absolute atomic E-state index is 4.41. The van der Waals surface area contributed by atoms with Gasteiger partial charge >= 0.3 is 0 Å². The summed E-state index contributed by atoms with van der Waals surface area (Å²) in [5, 5.41) is 7.93. The van der Waals surface area contributed by atoms with Crippen LogP contribution < -0.4 is 5.32 Å². The molecule has 0 spiro atoms. The Hall–Kier alpha value is -1.68. The number of aryl methyl sites for hydroxylation is 1. The van der Waals surface area contributed by atoms with Crippen molar-refractivity contribution in [3.63, 3.8) is 0 Å². The Bertz CT molecular complexity index is 478. The third kappa shape index (κ3) is 3.89. The molecule has 0 saturated carbocycles. The maximum atomic E-state index is 4.41. The summed E-state index contributed by atoms with van der Waals surface area (Å²) >= 11 is 0. The van der Waals surface area contributed by atoms with Gasteiger partial charge in [0.2, 0.25) is 0 Å². The van der Waals surface area contributed by atoms with Crippen molar-refractivity contribution in [1.82, 2.24) is 20.1 Å². The van der Waals surface area contributed by atoms with Gasteiger partial charge < -0.3 is 5.32 Å². The minimum Gasteiger partial charge on any atom is -0.310 e. The van der Waals surface area contributed by atoms with E-state index < -0.39 is 0 Å². The predicted molar refractivity (Wildman–Crippen MR) is 76.9 cm³/mol. The summed E-state index contributed by atoms with van der Waals surface area (Å²) in [6.45, 7) is 6.22. The Morgan fingerprint density at radius 3 is 2.89 bits per heavy atom. The molecule has 2 aromatic rings. The van der Waals surface area contributed by atoms with E-state index >= 15 is 0 Å². The van der Waals surface area contributed by atoms with E-state index in [1.165, 1.54) is 11.1 Å². The number of likely N-dealkylation sites (N-methyl/N-ethyl adjacent to an activating group) is 1. The molecule has 1 atom stereocenters. The minimum absolute atomic E-state index is 0.305. The second kappa shape index (κ2) is 7.04. The smallest absolute Gasteiger partial charge is 0.0537 e. The standard InChI is InChI=1S/C15H22N4/c1-3-8-19-12-14(11-18-19)15(17-4-2)9-13-6-5-7-16-10-13/h5-7,10-12,15,17H,3-4,8-9H2,1-2H3. The van der Waals surface area contributed by atoms with Gasteiger partial charge in [0.1, 0.15) is 0 Å². The molecule has 0 bridgehead atoms. The van der Waals surface area contributed by atoms with Gasteiger partial charge in [-0.3, -0.25) is 9.67 Å². The lowest BCUT2D eigenvalue weighted by molar-refractivity contribution is 0.546. The van der Waals surface area contributed by atoms with E-state index in [0.29, 0.717) is 6.04 Å². The molecule has 2 heterocycles. The van der Waals surface area contributed by atoms with Crippen molar-refractivity contribution < 1.29 is 0 Å². The van der Waals surface area contributed by atoms with E-state index in [1.807, 2.05) is 29.3 Å². The highest BCUT2D eigenvalue weighted by atomic mass is 15.3. The Kier molecular flexibility index (Phi) is 5.10. The fourth-order valence-electron chi connectivity index (χ4n) is 2.22. The van der Waals surface area contributed by atoms with Crippen LogP contribution in [0.3, 0.4) is 0 Å². The minimum atomic E-state index is 0.305. The lowest BCUT2D eigenvalue weighted by atomic mass is 10.0. The van der Waals surface area contributed by atoms with Crippen molar-refractivity contribution in [3.8, 4) is 0 Å². The molecular formula is C15H22N4. The maximum Gasteiger partial charge on any atom is 0.0537 e. The van der Waals surface area contributed by atoms with Crippen LogP contribution in [-0.2, 0) is 13.0 Å². The van der Waals surface area contributed by atoms with Crippen LogP contribution in [0, 0.1) is 0 Å². The fourth-order valence-corrected chi connectivity index (χ4v) is 2.22. The second-order valence-corrected chi connectivity index (χ2v) is 4.71. The number of pyridine rings is 1. The zero-order chi connectivity index (χ0) is 13.5. The lowest BCUT2D eigenvalue weighted by Gasteiger charge is -2.16. The quantitative estimate of drug-likeness (QED) is 0.830. The van der Waals surface area contributed by atoms with Crippen molar-refractivity contribution in [2.24, 2.45) is 0 Å². The van der Waals surface area contributed by atoms with Gasteiger partial charge in [0.15, 0.2) is 0 Å². The van der Waals surface area contributed by atoms with E-state index in [4.69, 9.17) is 0 Å². The van der Waals surface area contributed by atoms with Gasteiger partial charge in [-0.2, -0.15) is 5.10 Å². The molecule has 0 saturated heterocycles. The average molecular weight is 258 g/mol. The van der Waals surface area contributed by atoms with Crippen LogP contribution >= 0.6 is 0 Å². The van der Waals surface area contributed by atoms with Crippen LogP contribution in [0.15, 0.2) is 36.9 Å². The first-order chi connectivity index (χ1) is 9.33. The van der Waals surface area contributed by atoms with Crippen LogP contribution in [0.4, 0.5) is 0 Å². The Balaban J connectivity index is 2.10. The van der Waals surface area contributed by atoms with Gasteiger partial charge in [0.25, 0.3) is 0 Å². The van der Waals surface area contributed by atoms with Gasteiger partial charge in [-0.25, -0.2) is 0 Å². The van der Waals surface area contributed by atoms with E-state index in [9.17, 15) is 0 Å². The molecule has 1 N–H and O–H groups in total. The third-order valence-corrected chi connectivity index (χ3v) is 3.12. The molecule has 0 aliphatic carbocycles. The van der Waals surface area contributed by atoms with Crippen molar-refractivity contribution in [2.75, 3.05) is 6.54 Å². The van der Waals surface area contributed by atoms with Crippen molar-refractivity contribution in [3.05, 3.63) is 48.0 Å². The molecular weight excluding hydrogens is 236 g/mol. The average Bonchev–Trinajstić information content (AvgIpc) is 2.88. The summed E-state index contributed by atoms with van der Waals surface area (Å²) in [5.41, 5.74) is 2.50. The third-order valence-electron chi connectivity index (χ3n) is 3.12. The summed E-state index contributed by atoms with van der Waals surface area (Å²) in [6.07, 6.45) is 9.91. The first-order valence-corrected chi connectivity index (χ1v) is 6.98.